The first-order valence-corrected chi connectivity index (χ1v) is 9.38. The van der Waals surface area contributed by atoms with Crippen LogP contribution in [-0.2, 0) is 0 Å². The van der Waals surface area contributed by atoms with Crippen molar-refractivity contribution in [2.75, 3.05) is 0 Å². The van der Waals surface area contributed by atoms with Gasteiger partial charge in [-0.2, -0.15) is 0 Å². The number of hydrogen-bond donors (Lipinski definition) is 0. The summed E-state index contributed by atoms with van der Waals surface area (Å²) < 4.78 is 2.46. The molecule has 0 saturated heterocycles. The van der Waals surface area contributed by atoms with Crippen LogP contribution in [0.4, 0.5) is 0 Å². The minimum absolute atomic E-state index is 0.241. The van der Waals surface area contributed by atoms with Crippen LogP contribution in [0.2, 0.25) is 0 Å². The molecule has 0 fully saturated rings. The highest BCUT2D eigenvalue weighted by atomic mass is 127. The summed E-state index contributed by atoms with van der Waals surface area (Å²) in [6.45, 7) is 0. The van der Waals surface area contributed by atoms with Crippen molar-refractivity contribution >= 4 is 76.6 Å². The number of halogens is 3. The highest BCUT2D eigenvalue weighted by Crippen LogP contribution is 2.39. The third-order valence-electron chi connectivity index (χ3n) is 3.06. The third kappa shape index (κ3) is 2.77. The molecular formula is C15H9Br2IS. The number of thiophene rings is 1. The van der Waals surface area contributed by atoms with Crippen molar-refractivity contribution in [2.45, 2.75) is 4.83 Å². The van der Waals surface area contributed by atoms with E-state index in [1.165, 1.54) is 24.8 Å². The lowest BCUT2D eigenvalue weighted by Crippen LogP contribution is -1.92. The molecule has 3 rings (SSSR count). The smallest absolute Gasteiger partial charge is 0.0659 e. The van der Waals surface area contributed by atoms with Gasteiger partial charge in [0.25, 0.3) is 0 Å². The van der Waals surface area contributed by atoms with Crippen LogP contribution in [0.15, 0.2) is 52.3 Å². The highest BCUT2D eigenvalue weighted by Gasteiger charge is 2.15. The molecule has 0 aliphatic rings. The fourth-order valence-corrected chi connectivity index (χ4v) is 4.86. The first-order valence-electron chi connectivity index (χ1n) is 5.72. The lowest BCUT2D eigenvalue weighted by Gasteiger charge is -2.13. The predicted molar refractivity (Wildman–Crippen MR) is 99.5 cm³/mol. The normalized spacial score (nSPS) is 12.8. The van der Waals surface area contributed by atoms with Gasteiger partial charge in [-0.05, 0) is 62.0 Å². The molecular weight excluding hydrogens is 499 g/mol. The zero-order valence-corrected chi connectivity index (χ0v) is 15.9. The first-order chi connectivity index (χ1) is 9.16. The van der Waals surface area contributed by atoms with Crippen molar-refractivity contribution in [1.29, 1.82) is 0 Å². The standard InChI is InChI=1S/C15H9Br2IS/c16-13-6-5-12(10-3-1-2-4-11(10)13)15(17)9-7-14(18)19-8-9/h1-8,15H. The van der Waals surface area contributed by atoms with E-state index in [-0.39, 0.29) is 4.83 Å². The van der Waals surface area contributed by atoms with E-state index in [1.807, 2.05) is 0 Å². The minimum atomic E-state index is 0.241. The predicted octanol–water partition coefficient (Wildman–Crippen LogP) is 6.75. The van der Waals surface area contributed by atoms with E-state index in [9.17, 15) is 0 Å². The molecule has 96 valence electrons. The van der Waals surface area contributed by atoms with Gasteiger partial charge in [0.15, 0.2) is 0 Å². The summed E-state index contributed by atoms with van der Waals surface area (Å²) in [4.78, 5) is 0.241. The molecule has 0 radical (unpaired) electrons. The van der Waals surface area contributed by atoms with Crippen molar-refractivity contribution < 1.29 is 0 Å². The van der Waals surface area contributed by atoms with E-state index in [4.69, 9.17) is 0 Å². The first kappa shape index (κ1) is 14.0. The molecule has 1 aromatic heterocycles. The van der Waals surface area contributed by atoms with Crippen molar-refractivity contribution in [3.8, 4) is 0 Å². The van der Waals surface area contributed by atoms with Gasteiger partial charge in [-0.25, -0.2) is 0 Å². The van der Waals surface area contributed by atoms with Gasteiger partial charge in [0.2, 0.25) is 0 Å². The Morgan fingerprint density at radius 1 is 1.05 bits per heavy atom. The van der Waals surface area contributed by atoms with E-state index >= 15 is 0 Å². The number of alkyl halides is 1. The van der Waals surface area contributed by atoms with Crippen LogP contribution < -0.4 is 0 Å². The van der Waals surface area contributed by atoms with E-state index in [0.29, 0.717) is 0 Å². The molecule has 2 aromatic carbocycles. The average Bonchev–Trinajstić information content (AvgIpc) is 2.86. The fourth-order valence-electron chi connectivity index (χ4n) is 2.14. The Balaban J connectivity index is 2.18. The molecule has 0 aliphatic carbocycles. The molecule has 19 heavy (non-hydrogen) atoms. The second kappa shape index (κ2) is 5.84. The van der Waals surface area contributed by atoms with Gasteiger partial charge in [0.1, 0.15) is 0 Å². The molecule has 4 heteroatoms. The van der Waals surface area contributed by atoms with Crippen LogP contribution in [0.1, 0.15) is 16.0 Å². The summed E-state index contributed by atoms with van der Waals surface area (Å²) in [5.74, 6) is 0. The van der Waals surface area contributed by atoms with E-state index in [0.717, 1.165) is 4.47 Å². The quantitative estimate of drug-likeness (QED) is 0.266. The fraction of sp³-hybridized carbons (Fsp3) is 0.0667. The summed E-state index contributed by atoms with van der Waals surface area (Å²) in [7, 11) is 0. The Hall–Kier alpha value is 0.0900. The van der Waals surface area contributed by atoms with Crippen LogP contribution in [0.3, 0.4) is 0 Å². The van der Waals surface area contributed by atoms with Crippen LogP contribution in [0, 0.1) is 2.88 Å². The molecule has 0 saturated carbocycles. The highest BCUT2D eigenvalue weighted by molar-refractivity contribution is 14.1. The van der Waals surface area contributed by atoms with E-state index < -0.39 is 0 Å². The van der Waals surface area contributed by atoms with Crippen molar-refractivity contribution in [3.05, 3.63) is 66.3 Å². The zero-order chi connectivity index (χ0) is 13.4. The molecule has 0 amide bonds. The van der Waals surface area contributed by atoms with Gasteiger partial charge in [0.05, 0.1) is 7.71 Å². The second-order valence-electron chi connectivity index (χ2n) is 4.23. The van der Waals surface area contributed by atoms with Gasteiger partial charge >= 0.3 is 0 Å². The molecule has 3 aromatic rings. The maximum Gasteiger partial charge on any atom is 0.0659 e. The van der Waals surface area contributed by atoms with Crippen LogP contribution in [0.25, 0.3) is 10.8 Å². The number of benzene rings is 2. The molecule has 0 N–H and O–H groups in total. The second-order valence-corrected chi connectivity index (χ2v) is 8.80. The Kier molecular flexibility index (Phi) is 4.31. The maximum absolute atomic E-state index is 3.84. The van der Waals surface area contributed by atoms with Gasteiger partial charge in [-0.3, -0.25) is 0 Å². The van der Waals surface area contributed by atoms with Crippen molar-refractivity contribution in [3.63, 3.8) is 0 Å². The van der Waals surface area contributed by atoms with Gasteiger partial charge in [-0.15, -0.1) is 11.3 Å². The lowest BCUT2D eigenvalue weighted by atomic mass is 10.00. The van der Waals surface area contributed by atoms with Crippen LogP contribution >= 0.6 is 65.8 Å². The SMILES string of the molecule is Brc1ccc(C(Br)c2csc(I)c2)c2ccccc12. The molecule has 1 atom stereocenters. The third-order valence-corrected chi connectivity index (χ3v) is 6.58. The summed E-state index contributed by atoms with van der Waals surface area (Å²) in [6, 6.07) is 15.1. The molecule has 0 aliphatic heterocycles. The number of hydrogen-bond acceptors (Lipinski definition) is 1. The van der Waals surface area contributed by atoms with E-state index in [2.05, 4.69) is 102 Å². The monoisotopic (exact) mass is 506 g/mol. The molecule has 0 nitrogen and oxygen atoms in total. The van der Waals surface area contributed by atoms with Gasteiger partial charge < -0.3 is 0 Å². The molecule has 1 heterocycles. The minimum Gasteiger partial charge on any atom is -0.137 e. The summed E-state index contributed by atoms with van der Waals surface area (Å²) in [5.41, 5.74) is 2.63. The summed E-state index contributed by atoms with van der Waals surface area (Å²) in [5, 5.41) is 4.77. The Bertz CT molecular complexity index is 736. The maximum atomic E-state index is 3.84. The summed E-state index contributed by atoms with van der Waals surface area (Å²) in [6.07, 6.45) is 0. The topological polar surface area (TPSA) is 0 Å². The largest absolute Gasteiger partial charge is 0.137 e. The van der Waals surface area contributed by atoms with Gasteiger partial charge in [-0.1, -0.05) is 62.2 Å². The summed E-state index contributed by atoms with van der Waals surface area (Å²) >= 11 is 11.6. The zero-order valence-electron chi connectivity index (χ0n) is 9.74. The van der Waals surface area contributed by atoms with Crippen molar-refractivity contribution in [2.24, 2.45) is 0 Å². The van der Waals surface area contributed by atoms with Gasteiger partial charge in [0, 0.05) is 4.47 Å². The Labute approximate surface area is 146 Å². The molecule has 1 unspecified atom stereocenters. The number of fused-ring (bicyclic) bond motifs is 1. The number of rotatable bonds is 2. The van der Waals surface area contributed by atoms with Crippen LogP contribution in [-0.4, -0.2) is 0 Å². The lowest BCUT2D eigenvalue weighted by molar-refractivity contribution is 1.21. The van der Waals surface area contributed by atoms with E-state index in [1.54, 1.807) is 11.3 Å². The Morgan fingerprint density at radius 2 is 1.79 bits per heavy atom. The average molecular weight is 508 g/mol. The van der Waals surface area contributed by atoms with Crippen molar-refractivity contribution in [1.82, 2.24) is 0 Å². The van der Waals surface area contributed by atoms with Crippen LogP contribution in [0.5, 0.6) is 0 Å². The molecule has 0 spiro atoms. The molecule has 0 bridgehead atoms. The Morgan fingerprint density at radius 3 is 2.47 bits per heavy atom.